The molecule has 1 aromatic rings. The zero-order valence-electron chi connectivity index (χ0n) is 12.4. The van der Waals surface area contributed by atoms with E-state index in [9.17, 15) is 4.39 Å². The van der Waals surface area contributed by atoms with Gasteiger partial charge in [-0.15, -0.1) is 0 Å². The average Bonchev–Trinajstić information content (AvgIpc) is 3.10. The third-order valence-corrected chi connectivity index (χ3v) is 5.04. The first-order valence-corrected chi connectivity index (χ1v) is 8.09. The van der Waals surface area contributed by atoms with Gasteiger partial charge in [-0.05, 0) is 45.2 Å². The van der Waals surface area contributed by atoms with Crippen molar-refractivity contribution in [2.75, 3.05) is 13.1 Å². The van der Waals surface area contributed by atoms with Gasteiger partial charge >= 0.3 is 0 Å². The van der Waals surface area contributed by atoms with Gasteiger partial charge in [-0.25, -0.2) is 4.39 Å². The Balaban J connectivity index is 1.64. The van der Waals surface area contributed by atoms with Gasteiger partial charge in [0.2, 0.25) is 0 Å². The van der Waals surface area contributed by atoms with Crippen molar-refractivity contribution < 1.29 is 4.39 Å². The van der Waals surface area contributed by atoms with Crippen LogP contribution in [0.25, 0.3) is 0 Å². The van der Waals surface area contributed by atoms with E-state index in [2.05, 4.69) is 15.1 Å². The number of hydrogen-bond acceptors (Lipinski definition) is 2. The molecule has 1 aromatic heterocycles. The van der Waals surface area contributed by atoms with Crippen LogP contribution in [0.4, 0.5) is 4.39 Å². The lowest BCUT2D eigenvalue weighted by atomic mass is 9.82. The van der Waals surface area contributed by atoms with E-state index in [-0.39, 0.29) is 5.92 Å². The Bertz CT molecular complexity index is 429. The van der Waals surface area contributed by atoms with Crippen LogP contribution in [0.5, 0.6) is 0 Å². The van der Waals surface area contributed by atoms with E-state index in [1.165, 1.54) is 25.7 Å². The summed E-state index contributed by atoms with van der Waals surface area (Å²) in [5.74, 6) is 0.118. The Morgan fingerprint density at radius 1 is 1.35 bits per heavy atom. The Morgan fingerprint density at radius 3 is 2.85 bits per heavy atom. The first kappa shape index (κ1) is 14.1. The lowest BCUT2D eigenvalue weighted by molar-refractivity contribution is 0.0821. The number of nitrogens with one attached hydrogen (secondary N) is 1. The molecular weight excluding hydrogens is 253 g/mol. The highest BCUT2D eigenvalue weighted by Gasteiger charge is 2.36. The van der Waals surface area contributed by atoms with Crippen molar-refractivity contribution in [3.63, 3.8) is 0 Å². The zero-order chi connectivity index (χ0) is 14.0. The van der Waals surface area contributed by atoms with Crippen LogP contribution in [-0.4, -0.2) is 28.5 Å². The Kier molecular flexibility index (Phi) is 4.11. The molecule has 3 nitrogen and oxygen atoms in total. The molecule has 0 amide bonds. The Labute approximate surface area is 120 Å². The van der Waals surface area contributed by atoms with Gasteiger partial charge in [0.05, 0.1) is 11.7 Å². The summed E-state index contributed by atoms with van der Waals surface area (Å²) in [7, 11) is 0. The summed E-state index contributed by atoms with van der Waals surface area (Å²) in [4.78, 5) is 0. The van der Waals surface area contributed by atoms with E-state index < -0.39 is 5.67 Å². The summed E-state index contributed by atoms with van der Waals surface area (Å²) in [6.45, 7) is 3.58. The van der Waals surface area contributed by atoms with Gasteiger partial charge in [0.1, 0.15) is 5.67 Å². The van der Waals surface area contributed by atoms with Crippen molar-refractivity contribution >= 4 is 0 Å². The van der Waals surface area contributed by atoms with Crippen LogP contribution in [-0.2, 0) is 6.42 Å². The number of hydrogen-bond donors (Lipinski definition) is 1. The third kappa shape index (κ3) is 3.05. The highest BCUT2D eigenvalue weighted by molar-refractivity contribution is 5.06. The van der Waals surface area contributed by atoms with Crippen molar-refractivity contribution in [2.45, 2.75) is 63.6 Å². The second-order valence-corrected chi connectivity index (χ2v) is 6.72. The van der Waals surface area contributed by atoms with Gasteiger partial charge in [0, 0.05) is 25.1 Å². The SMILES string of the molecule is CC(F)(Cc1ccn(C2CCCC2)n1)C1CCCNC1. The highest BCUT2D eigenvalue weighted by Crippen LogP contribution is 2.32. The van der Waals surface area contributed by atoms with E-state index in [0.717, 1.165) is 31.6 Å². The largest absolute Gasteiger partial charge is 0.316 e. The van der Waals surface area contributed by atoms with E-state index in [1.807, 2.05) is 12.3 Å². The van der Waals surface area contributed by atoms with Crippen molar-refractivity contribution in [2.24, 2.45) is 5.92 Å². The quantitative estimate of drug-likeness (QED) is 0.916. The van der Waals surface area contributed by atoms with Crippen molar-refractivity contribution in [3.05, 3.63) is 18.0 Å². The van der Waals surface area contributed by atoms with Crippen LogP contribution >= 0.6 is 0 Å². The monoisotopic (exact) mass is 279 g/mol. The second-order valence-electron chi connectivity index (χ2n) is 6.72. The number of alkyl halides is 1. The van der Waals surface area contributed by atoms with E-state index >= 15 is 0 Å². The van der Waals surface area contributed by atoms with E-state index in [1.54, 1.807) is 6.92 Å². The average molecular weight is 279 g/mol. The van der Waals surface area contributed by atoms with Crippen LogP contribution in [0.1, 0.15) is 57.2 Å². The molecule has 3 rings (SSSR count). The standard InChI is InChI=1S/C16H26FN3/c1-16(17,13-5-4-9-18-12-13)11-14-8-10-20(19-14)15-6-2-3-7-15/h8,10,13,15,18H,2-7,9,11-12H2,1H3. The van der Waals surface area contributed by atoms with Gasteiger partial charge < -0.3 is 5.32 Å². The number of rotatable bonds is 4. The molecule has 0 aromatic carbocycles. The topological polar surface area (TPSA) is 29.9 Å². The predicted molar refractivity (Wildman–Crippen MR) is 78.5 cm³/mol. The number of halogens is 1. The molecule has 1 saturated carbocycles. The molecule has 20 heavy (non-hydrogen) atoms. The normalized spacial score (nSPS) is 27.6. The smallest absolute Gasteiger partial charge is 0.117 e. The lowest BCUT2D eigenvalue weighted by Crippen LogP contribution is -2.42. The molecule has 4 heteroatoms. The second kappa shape index (κ2) is 5.84. The van der Waals surface area contributed by atoms with E-state index in [4.69, 9.17) is 0 Å². The minimum absolute atomic E-state index is 0.118. The molecule has 1 aliphatic heterocycles. The van der Waals surface area contributed by atoms with Crippen LogP contribution in [0.3, 0.4) is 0 Å². The summed E-state index contributed by atoms with van der Waals surface area (Å²) in [5.41, 5.74) is -0.241. The van der Waals surface area contributed by atoms with Gasteiger partial charge in [-0.3, -0.25) is 4.68 Å². The molecule has 1 aliphatic carbocycles. The van der Waals surface area contributed by atoms with Crippen molar-refractivity contribution in [1.82, 2.24) is 15.1 Å². The van der Waals surface area contributed by atoms with Crippen LogP contribution in [0, 0.1) is 5.92 Å². The molecule has 2 atom stereocenters. The predicted octanol–water partition coefficient (Wildman–Crippen LogP) is 3.27. The molecule has 0 spiro atoms. The van der Waals surface area contributed by atoms with E-state index in [0.29, 0.717) is 12.5 Å². The molecular formula is C16H26FN3. The molecule has 1 N–H and O–H groups in total. The van der Waals surface area contributed by atoms with Crippen LogP contribution in [0.2, 0.25) is 0 Å². The van der Waals surface area contributed by atoms with Gasteiger partial charge in [0.15, 0.2) is 0 Å². The molecule has 2 heterocycles. The number of nitrogens with zero attached hydrogens (tertiary/aromatic N) is 2. The lowest BCUT2D eigenvalue weighted by Gasteiger charge is -2.33. The van der Waals surface area contributed by atoms with Crippen LogP contribution in [0.15, 0.2) is 12.3 Å². The van der Waals surface area contributed by atoms with Crippen molar-refractivity contribution in [3.8, 4) is 0 Å². The molecule has 1 saturated heterocycles. The number of aromatic nitrogens is 2. The van der Waals surface area contributed by atoms with Crippen LogP contribution < -0.4 is 5.32 Å². The van der Waals surface area contributed by atoms with Gasteiger partial charge in [0.25, 0.3) is 0 Å². The molecule has 2 fully saturated rings. The molecule has 112 valence electrons. The fraction of sp³-hybridized carbons (Fsp3) is 0.812. The summed E-state index contributed by atoms with van der Waals surface area (Å²) in [6.07, 6.45) is 9.60. The molecule has 2 unspecified atom stereocenters. The maximum absolute atomic E-state index is 15.0. The fourth-order valence-electron chi connectivity index (χ4n) is 3.71. The Morgan fingerprint density at radius 2 is 2.15 bits per heavy atom. The Hall–Kier alpha value is -0.900. The van der Waals surface area contributed by atoms with Crippen molar-refractivity contribution in [1.29, 1.82) is 0 Å². The highest BCUT2D eigenvalue weighted by atomic mass is 19.1. The third-order valence-electron chi connectivity index (χ3n) is 5.04. The first-order valence-electron chi connectivity index (χ1n) is 8.09. The minimum Gasteiger partial charge on any atom is -0.316 e. The maximum Gasteiger partial charge on any atom is 0.117 e. The zero-order valence-corrected chi connectivity index (χ0v) is 12.4. The molecule has 0 radical (unpaired) electrons. The fourth-order valence-corrected chi connectivity index (χ4v) is 3.71. The summed E-state index contributed by atoms with van der Waals surface area (Å²) in [6, 6.07) is 2.55. The summed E-state index contributed by atoms with van der Waals surface area (Å²) in [5, 5.41) is 7.94. The van der Waals surface area contributed by atoms with Gasteiger partial charge in [-0.2, -0.15) is 5.10 Å². The minimum atomic E-state index is -1.15. The number of piperidine rings is 1. The molecule has 2 aliphatic rings. The summed E-state index contributed by atoms with van der Waals surface area (Å²) >= 11 is 0. The summed E-state index contributed by atoms with van der Waals surface area (Å²) < 4.78 is 17.0. The first-order chi connectivity index (χ1) is 9.65. The van der Waals surface area contributed by atoms with Gasteiger partial charge in [-0.1, -0.05) is 12.8 Å². The maximum atomic E-state index is 15.0. The molecule has 0 bridgehead atoms.